The summed E-state index contributed by atoms with van der Waals surface area (Å²) in [5, 5.41) is 2.56. The van der Waals surface area contributed by atoms with E-state index < -0.39 is 5.95 Å². The Morgan fingerprint density at radius 1 is 1.41 bits per heavy atom. The van der Waals surface area contributed by atoms with Crippen LogP contribution < -0.4 is 5.32 Å². The summed E-state index contributed by atoms with van der Waals surface area (Å²) in [7, 11) is 0. The van der Waals surface area contributed by atoms with Gasteiger partial charge in [0.2, 0.25) is 5.95 Å². The van der Waals surface area contributed by atoms with Gasteiger partial charge in [0.15, 0.2) is 0 Å². The molecule has 0 saturated carbocycles. The first kappa shape index (κ1) is 11.7. The maximum atomic E-state index is 12.8. The molecule has 0 aliphatic rings. The normalized spacial score (nSPS) is 10.3. The van der Waals surface area contributed by atoms with Crippen LogP contribution in [0, 0.1) is 19.8 Å². The summed E-state index contributed by atoms with van der Waals surface area (Å²) < 4.78 is 12.8. The van der Waals surface area contributed by atoms with Gasteiger partial charge in [-0.1, -0.05) is 6.07 Å². The number of aromatic nitrogens is 1. The lowest BCUT2D eigenvalue weighted by Crippen LogP contribution is -2.11. The molecule has 2 rings (SSSR count). The fraction of sp³-hybridized carbons (Fsp3) is 0.167. The van der Waals surface area contributed by atoms with Gasteiger partial charge in [-0.05, 0) is 37.6 Å². The minimum Gasteiger partial charge on any atom is -0.306 e. The molecule has 1 N–H and O–H groups in total. The lowest BCUT2D eigenvalue weighted by atomic mass is 10.3. The zero-order chi connectivity index (χ0) is 12.4. The van der Waals surface area contributed by atoms with E-state index in [2.05, 4.69) is 10.3 Å². The van der Waals surface area contributed by atoms with Gasteiger partial charge in [-0.3, -0.25) is 4.79 Å². The SMILES string of the molecule is Cc1cc(C(=O)Nc2cccc(F)n2)sc1C. The predicted octanol–water partition coefficient (Wildman–Crippen LogP) is 3.15. The third-order valence-corrected chi connectivity index (χ3v) is 3.50. The number of rotatable bonds is 2. The lowest BCUT2D eigenvalue weighted by Gasteiger charge is -2.01. The highest BCUT2D eigenvalue weighted by Gasteiger charge is 2.11. The Hall–Kier alpha value is -1.75. The molecule has 0 fully saturated rings. The van der Waals surface area contributed by atoms with E-state index in [1.54, 1.807) is 6.07 Å². The fourth-order valence-electron chi connectivity index (χ4n) is 1.34. The summed E-state index contributed by atoms with van der Waals surface area (Å²) in [6, 6.07) is 6.10. The third-order valence-electron chi connectivity index (χ3n) is 2.35. The van der Waals surface area contributed by atoms with Crippen molar-refractivity contribution in [2.24, 2.45) is 0 Å². The minimum atomic E-state index is -0.610. The molecule has 0 aliphatic carbocycles. The van der Waals surface area contributed by atoms with Crippen molar-refractivity contribution >= 4 is 23.1 Å². The van der Waals surface area contributed by atoms with Crippen LogP contribution in [-0.4, -0.2) is 10.9 Å². The van der Waals surface area contributed by atoms with Crippen molar-refractivity contribution in [1.29, 1.82) is 0 Å². The molecule has 88 valence electrons. The monoisotopic (exact) mass is 250 g/mol. The molecule has 0 bridgehead atoms. The summed E-state index contributed by atoms with van der Waals surface area (Å²) >= 11 is 1.41. The van der Waals surface area contributed by atoms with Gasteiger partial charge in [-0.25, -0.2) is 4.98 Å². The van der Waals surface area contributed by atoms with Crippen LogP contribution in [-0.2, 0) is 0 Å². The van der Waals surface area contributed by atoms with E-state index in [1.807, 2.05) is 19.9 Å². The van der Waals surface area contributed by atoms with E-state index in [0.717, 1.165) is 10.4 Å². The van der Waals surface area contributed by atoms with Crippen LogP contribution in [0.3, 0.4) is 0 Å². The van der Waals surface area contributed by atoms with E-state index in [-0.39, 0.29) is 11.7 Å². The van der Waals surface area contributed by atoms with E-state index in [9.17, 15) is 9.18 Å². The molecule has 2 aromatic rings. The van der Waals surface area contributed by atoms with Crippen molar-refractivity contribution in [3.63, 3.8) is 0 Å². The van der Waals surface area contributed by atoms with Crippen LogP contribution in [0.15, 0.2) is 24.3 Å². The second-order valence-electron chi connectivity index (χ2n) is 3.65. The Morgan fingerprint density at radius 2 is 2.18 bits per heavy atom. The molecular formula is C12H11FN2OS. The number of pyridine rings is 1. The van der Waals surface area contributed by atoms with Gasteiger partial charge in [0.25, 0.3) is 5.91 Å². The molecule has 17 heavy (non-hydrogen) atoms. The second kappa shape index (κ2) is 4.63. The second-order valence-corrected chi connectivity index (χ2v) is 4.91. The summed E-state index contributed by atoms with van der Waals surface area (Å²) in [5.41, 5.74) is 1.08. The number of carbonyl (C=O) groups excluding carboxylic acids is 1. The number of aryl methyl sites for hydroxylation is 2. The van der Waals surface area contributed by atoms with Crippen molar-refractivity contribution in [3.8, 4) is 0 Å². The molecule has 0 aromatic carbocycles. The minimum absolute atomic E-state index is 0.221. The molecule has 0 spiro atoms. The number of nitrogens with zero attached hydrogens (tertiary/aromatic N) is 1. The fourth-order valence-corrected chi connectivity index (χ4v) is 2.27. The lowest BCUT2D eigenvalue weighted by molar-refractivity contribution is 0.103. The van der Waals surface area contributed by atoms with Crippen LogP contribution in [0.25, 0.3) is 0 Å². The van der Waals surface area contributed by atoms with Gasteiger partial charge >= 0.3 is 0 Å². The van der Waals surface area contributed by atoms with E-state index >= 15 is 0 Å². The average molecular weight is 250 g/mol. The summed E-state index contributed by atoms with van der Waals surface area (Å²) in [6.45, 7) is 3.90. The Kier molecular flexibility index (Phi) is 3.19. The van der Waals surface area contributed by atoms with Gasteiger partial charge < -0.3 is 5.32 Å². The molecule has 0 unspecified atom stereocenters. The number of halogens is 1. The van der Waals surface area contributed by atoms with Gasteiger partial charge in [-0.15, -0.1) is 11.3 Å². The molecule has 0 aliphatic heterocycles. The van der Waals surface area contributed by atoms with Gasteiger partial charge in [0, 0.05) is 4.88 Å². The molecule has 2 aromatic heterocycles. The molecule has 5 heteroatoms. The number of anilines is 1. The van der Waals surface area contributed by atoms with Crippen molar-refractivity contribution < 1.29 is 9.18 Å². The first-order valence-electron chi connectivity index (χ1n) is 5.07. The average Bonchev–Trinajstić information content (AvgIpc) is 2.59. The van der Waals surface area contributed by atoms with E-state index in [0.29, 0.717) is 4.88 Å². The van der Waals surface area contributed by atoms with E-state index in [1.165, 1.54) is 23.5 Å². The van der Waals surface area contributed by atoms with E-state index in [4.69, 9.17) is 0 Å². The number of carbonyl (C=O) groups is 1. The van der Waals surface area contributed by atoms with Crippen LogP contribution in [0.1, 0.15) is 20.1 Å². The highest BCUT2D eigenvalue weighted by Crippen LogP contribution is 2.21. The Labute approximate surface area is 102 Å². The number of hydrogen-bond donors (Lipinski definition) is 1. The van der Waals surface area contributed by atoms with Gasteiger partial charge in [0.05, 0.1) is 4.88 Å². The molecule has 1 amide bonds. The van der Waals surface area contributed by atoms with Crippen molar-refractivity contribution in [2.75, 3.05) is 5.32 Å². The molecule has 0 atom stereocenters. The van der Waals surface area contributed by atoms with Crippen LogP contribution in [0.5, 0.6) is 0 Å². The molecule has 0 saturated heterocycles. The topological polar surface area (TPSA) is 42.0 Å². The Morgan fingerprint density at radius 3 is 2.76 bits per heavy atom. The van der Waals surface area contributed by atoms with Crippen molar-refractivity contribution in [2.45, 2.75) is 13.8 Å². The zero-order valence-corrected chi connectivity index (χ0v) is 10.3. The van der Waals surface area contributed by atoms with Crippen LogP contribution in [0.2, 0.25) is 0 Å². The first-order valence-corrected chi connectivity index (χ1v) is 5.89. The predicted molar refractivity (Wildman–Crippen MR) is 65.9 cm³/mol. The molecular weight excluding hydrogens is 239 g/mol. The summed E-state index contributed by atoms with van der Waals surface area (Å²) in [4.78, 5) is 17.1. The number of hydrogen-bond acceptors (Lipinski definition) is 3. The number of amides is 1. The molecule has 0 radical (unpaired) electrons. The largest absolute Gasteiger partial charge is 0.306 e. The maximum absolute atomic E-state index is 12.8. The third kappa shape index (κ3) is 2.68. The highest BCUT2D eigenvalue weighted by atomic mass is 32.1. The van der Waals surface area contributed by atoms with Gasteiger partial charge in [0.1, 0.15) is 5.82 Å². The highest BCUT2D eigenvalue weighted by molar-refractivity contribution is 7.14. The first-order chi connectivity index (χ1) is 8.06. The summed E-state index contributed by atoms with van der Waals surface area (Å²) in [6.07, 6.45) is 0. The Bertz CT molecular complexity index is 546. The molecule has 3 nitrogen and oxygen atoms in total. The smallest absolute Gasteiger partial charge is 0.266 e. The number of thiophene rings is 1. The van der Waals surface area contributed by atoms with Crippen molar-refractivity contribution in [3.05, 3.63) is 45.5 Å². The quantitative estimate of drug-likeness (QED) is 0.832. The Balaban J connectivity index is 2.17. The summed E-state index contributed by atoms with van der Waals surface area (Å²) in [5.74, 6) is -0.649. The maximum Gasteiger partial charge on any atom is 0.266 e. The standard InChI is InChI=1S/C12H11FN2OS/c1-7-6-9(17-8(7)2)12(16)15-11-5-3-4-10(13)14-11/h3-6H,1-2H3,(H,14,15,16). The van der Waals surface area contributed by atoms with Gasteiger partial charge in [-0.2, -0.15) is 4.39 Å². The molecule has 2 heterocycles. The van der Waals surface area contributed by atoms with Crippen LogP contribution in [0.4, 0.5) is 10.2 Å². The van der Waals surface area contributed by atoms with Crippen molar-refractivity contribution in [1.82, 2.24) is 4.98 Å². The van der Waals surface area contributed by atoms with Crippen LogP contribution >= 0.6 is 11.3 Å². The number of nitrogens with one attached hydrogen (secondary N) is 1. The zero-order valence-electron chi connectivity index (χ0n) is 9.45.